The van der Waals surface area contributed by atoms with Crippen LogP contribution in [0.1, 0.15) is 12.5 Å². The SMILES string of the molecule is CCn1cc(C[C@H](N)C(=O)O)cn1. The van der Waals surface area contributed by atoms with Gasteiger partial charge in [0.25, 0.3) is 0 Å². The predicted molar refractivity (Wildman–Crippen MR) is 47.2 cm³/mol. The van der Waals surface area contributed by atoms with Crippen molar-refractivity contribution in [1.82, 2.24) is 9.78 Å². The van der Waals surface area contributed by atoms with Crippen LogP contribution in [-0.2, 0) is 17.8 Å². The highest BCUT2D eigenvalue weighted by atomic mass is 16.4. The fraction of sp³-hybridized carbons (Fsp3) is 0.500. The minimum Gasteiger partial charge on any atom is -0.480 e. The largest absolute Gasteiger partial charge is 0.480 e. The van der Waals surface area contributed by atoms with Crippen LogP contribution in [0.5, 0.6) is 0 Å². The molecule has 13 heavy (non-hydrogen) atoms. The number of carboxylic acids is 1. The molecule has 5 nitrogen and oxygen atoms in total. The van der Waals surface area contributed by atoms with Crippen molar-refractivity contribution in [2.45, 2.75) is 25.9 Å². The van der Waals surface area contributed by atoms with Crippen molar-refractivity contribution < 1.29 is 9.90 Å². The Morgan fingerprint density at radius 3 is 3.00 bits per heavy atom. The van der Waals surface area contributed by atoms with E-state index in [1.54, 1.807) is 10.9 Å². The first kappa shape index (κ1) is 9.73. The molecule has 0 spiro atoms. The first-order chi connectivity index (χ1) is 6.13. The third kappa shape index (κ3) is 2.55. The second-order valence-corrected chi connectivity index (χ2v) is 2.85. The molecule has 0 radical (unpaired) electrons. The van der Waals surface area contributed by atoms with E-state index < -0.39 is 12.0 Å². The molecule has 0 unspecified atom stereocenters. The highest BCUT2D eigenvalue weighted by molar-refractivity contribution is 5.73. The maximum absolute atomic E-state index is 10.4. The first-order valence-corrected chi connectivity index (χ1v) is 4.13. The number of nitrogens with two attached hydrogens (primary N) is 1. The molecule has 3 N–H and O–H groups in total. The van der Waals surface area contributed by atoms with Crippen LogP contribution in [0.3, 0.4) is 0 Å². The summed E-state index contributed by atoms with van der Waals surface area (Å²) in [4.78, 5) is 10.4. The molecule has 1 aromatic rings. The normalized spacial score (nSPS) is 12.8. The second-order valence-electron chi connectivity index (χ2n) is 2.85. The van der Waals surface area contributed by atoms with Gasteiger partial charge in [-0.3, -0.25) is 9.48 Å². The number of rotatable bonds is 4. The maximum atomic E-state index is 10.4. The lowest BCUT2D eigenvalue weighted by molar-refractivity contribution is -0.138. The third-order valence-electron chi connectivity index (χ3n) is 1.78. The van der Waals surface area contributed by atoms with Crippen molar-refractivity contribution in [3.8, 4) is 0 Å². The van der Waals surface area contributed by atoms with Gasteiger partial charge in [-0.25, -0.2) is 0 Å². The standard InChI is InChI=1S/C8H13N3O2/c1-2-11-5-6(4-10-11)3-7(9)8(12)13/h4-5,7H,2-3,9H2,1H3,(H,12,13)/t7-/m0/s1. The Hall–Kier alpha value is -1.36. The molecule has 1 atom stereocenters. The predicted octanol–water partition coefficient (Wildman–Crippen LogP) is -0.143. The van der Waals surface area contributed by atoms with Gasteiger partial charge in [0.1, 0.15) is 6.04 Å². The maximum Gasteiger partial charge on any atom is 0.320 e. The molecule has 5 heteroatoms. The van der Waals surface area contributed by atoms with Gasteiger partial charge in [0.05, 0.1) is 6.20 Å². The number of aromatic nitrogens is 2. The van der Waals surface area contributed by atoms with Crippen molar-refractivity contribution >= 4 is 5.97 Å². The third-order valence-corrected chi connectivity index (χ3v) is 1.78. The van der Waals surface area contributed by atoms with Crippen molar-refractivity contribution in [1.29, 1.82) is 0 Å². The average Bonchev–Trinajstić information content (AvgIpc) is 2.52. The molecule has 1 rings (SSSR count). The summed E-state index contributed by atoms with van der Waals surface area (Å²) in [6.45, 7) is 2.75. The number of nitrogens with zero attached hydrogens (tertiary/aromatic N) is 2. The Balaban J connectivity index is 2.58. The Morgan fingerprint density at radius 2 is 2.54 bits per heavy atom. The van der Waals surface area contributed by atoms with Crippen molar-refractivity contribution in [2.24, 2.45) is 5.73 Å². The Morgan fingerprint density at radius 1 is 1.85 bits per heavy atom. The van der Waals surface area contributed by atoms with Gasteiger partial charge in [0, 0.05) is 19.2 Å². The Bertz CT molecular complexity index is 295. The van der Waals surface area contributed by atoms with E-state index in [4.69, 9.17) is 10.8 Å². The van der Waals surface area contributed by atoms with Crippen LogP contribution in [0.15, 0.2) is 12.4 Å². The minimum atomic E-state index is -0.982. The summed E-state index contributed by atoms with van der Waals surface area (Å²) in [5.41, 5.74) is 6.22. The molecule has 0 bridgehead atoms. The molecule has 0 fully saturated rings. The lowest BCUT2D eigenvalue weighted by Crippen LogP contribution is -2.32. The van der Waals surface area contributed by atoms with Gasteiger partial charge in [-0.15, -0.1) is 0 Å². The summed E-state index contributed by atoms with van der Waals surface area (Å²) in [6, 6.07) is -0.838. The lowest BCUT2D eigenvalue weighted by atomic mass is 10.1. The molecule has 0 saturated carbocycles. The van der Waals surface area contributed by atoms with E-state index in [0.717, 1.165) is 12.1 Å². The quantitative estimate of drug-likeness (QED) is 0.680. The fourth-order valence-corrected chi connectivity index (χ4v) is 1.03. The van der Waals surface area contributed by atoms with E-state index in [0.29, 0.717) is 6.42 Å². The number of hydrogen-bond acceptors (Lipinski definition) is 3. The van der Waals surface area contributed by atoms with E-state index in [9.17, 15) is 4.79 Å². The molecule has 0 aliphatic rings. The van der Waals surface area contributed by atoms with Gasteiger partial charge >= 0.3 is 5.97 Å². The van der Waals surface area contributed by atoms with Crippen molar-refractivity contribution in [3.05, 3.63) is 18.0 Å². The summed E-state index contributed by atoms with van der Waals surface area (Å²) in [5.74, 6) is -0.982. The molecule has 0 amide bonds. The van der Waals surface area contributed by atoms with Crippen LogP contribution in [0.25, 0.3) is 0 Å². The van der Waals surface area contributed by atoms with Gasteiger partial charge < -0.3 is 10.8 Å². The zero-order valence-electron chi connectivity index (χ0n) is 7.47. The van der Waals surface area contributed by atoms with Gasteiger partial charge in [0.2, 0.25) is 0 Å². The number of carbonyl (C=O) groups is 1. The Labute approximate surface area is 76.2 Å². The van der Waals surface area contributed by atoms with E-state index >= 15 is 0 Å². The number of aliphatic carboxylic acids is 1. The van der Waals surface area contributed by atoms with Crippen LogP contribution >= 0.6 is 0 Å². The molecule has 1 aromatic heterocycles. The molecule has 1 heterocycles. The van der Waals surface area contributed by atoms with E-state index in [-0.39, 0.29) is 0 Å². The number of aryl methyl sites for hydroxylation is 1. The highest BCUT2D eigenvalue weighted by Gasteiger charge is 2.12. The zero-order chi connectivity index (χ0) is 9.84. The summed E-state index contributed by atoms with van der Waals surface area (Å²) < 4.78 is 1.74. The van der Waals surface area contributed by atoms with Crippen molar-refractivity contribution in [3.63, 3.8) is 0 Å². The summed E-state index contributed by atoms with van der Waals surface area (Å²) >= 11 is 0. The average molecular weight is 183 g/mol. The molecule has 72 valence electrons. The molecular weight excluding hydrogens is 170 g/mol. The number of hydrogen-bond donors (Lipinski definition) is 2. The Kier molecular flexibility index (Phi) is 3.02. The minimum absolute atomic E-state index is 0.329. The molecule has 0 aliphatic carbocycles. The monoisotopic (exact) mass is 183 g/mol. The van der Waals surface area contributed by atoms with Gasteiger partial charge in [-0.1, -0.05) is 0 Å². The smallest absolute Gasteiger partial charge is 0.320 e. The zero-order valence-corrected chi connectivity index (χ0v) is 7.47. The molecular formula is C8H13N3O2. The second kappa shape index (κ2) is 4.04. The molecule has 0 aliphatic heterocycles. The summed E-state index contributed by atoms with van der Waals surface area (Å²) in [5, 5.41) is 12.6. The van der Waals surface area contributed by atoms with E-state index in [2.05, 4.69) is 5.10 Å². The van der Waals surface area contributed by atoms with Crippen LogP contribution in [-0.4, -0.2) is 26.9 Å². The van der Waals surface area contributed by atoms with Crippen LogP contribution in [0.2, 0.25) is 0 Å². The highest BCUT2D eigenvalue weighted by Crippen LogP contribution is 2.01. The topological polar surface area (TPSA) is 81.1 Å². The van der Waals surface area contributed by atoms with Gasteiger partial charge in [-0.2, -0.15) is 5.10 Å². The van der Waals surface area contributed by atoms with E-state index in [1.807, 2.05) is 13.1 Å². The number of carboxylic acid groups (broad SMARTS) is 1. The summed E-state index contributed by atoms with van der Waals surface area (Å²) in [6.07, 6.45) is 3.78. The lowest BCUT2D eigenvalue weighted by Gasteiger charge is -2.02. The van der Waals surface area contributed by atoms with Crippen LogP contribution in [0.4, 0.5) is 0 Å². The summed E-state index contributed by atoms with van der Waals surface area (Å²) in [7, 11) is 0. The van der Waals surface area contributed by atoms with Crippen LogP contribution < -0.4 is 5.73 Å². The fourth-order valence-electron chi connectivity index (χ4n) is 1.03. The van der Waals surface area contributed by atoms with Crippen molar-refractivity contribution in [2.75, 3.05) is 0 Å². The molecule has 0 saturated heterocycles. The van der Waals surface area contributed by atoms with Crippen LogP contribution in [0, 0.1) is 0 Å². The first-order valence-electron chi connectivity index (χ1n) is 4.13. The van der Waals surface area contributed by atoms with E-state index in [1.165, 1.54) is 0 Å². The molecule has 0 aromatic carbocycles. The van der Waals surface area contributed by atoms with Gasteiger partial charge in [-0.05, 0) is 12.5 Å². The van der Waals surface area contributed by atoms with Gasteiger partial charge in [0.15, 0.2) is 0 Å².